The van der Waals surface area contributed by atoms with Crippen LogP contribution in [0.15, 0.2) is 59.1 Å². The van der Waals surface area contributed by atoms with Gasteiger partial charge in [0.05, 0.1) is 12.5 Å². The van der Waals surface area contributed by atoms with Crippen molar-refractivity contribution >= 4 is 27.9 Å². The van der Waals surface area contributed by atoms with Gasteiger partial charge < -0.3 is 4.74 Å². The van der Waals surface area contributed by atoms with Crippen LogP contribution >= 0.6 is 15.9 Å². The molecule has 4 nitrogen and oxygen atoms in total. The SMILES string of the molecule is C[C@H](C(=O)N1CCOC1=O)c1cccc(Br)c1.Cc1ccccc1. The van der Waals surface area contributed by atoms with E-state index in [4.69, 9.17) is 4.74 Å². The molecule has 126 valence electrons. The number of aryl methyl sites for hydroxylation is 1. The molecule has 5 heteroatoms. The van der Waals surface area contributed by atoms with E-state index in [1.165, 1.54) is 5.56 Å². The summed E-state index contributed by atoms with van der Waals surface area (Å²) in [6, 6.07) is 17.8. The standard InChI is InChI=1S/C12H12BrNO3.C7H8/c1-8(9-3-2-4-10(13)7-9)11(15)14-5-6-17-12(14)16;1-7-5-3-2-4-6-7/h2-4,7-8H,5-6H2,1H3;2-6H,1H3/t8-;/m0./s1. The maximum Gasteiger partial charge on any atom is 0.416 e. The fourth-order valence-corrected chi connectivity index (χ4v) is 2.70. The molecule has 0 spiro atoms. The van der Waals surface area contributed by atoms with E-state index in [1.807, 2.05) is 42.5 Å². The molecule has 0 radical (unpaired) electrons. The van der Waals surface area contributed by atoms with Gasteiger partial charge in [0.1, 0.15) is 6.61 Å². The molecule has 0 bridgehead atoms. The van der Waals surface area contributed by atoms with E-state index >= 15 is 0 Å². The van der Waals surface area contributed by atoms with Crippen molar-refractivity contribution in [3.8, 4) is 0 Å². The molecule has 0 saturated carbocycles. The summed E-state index contributed by atoms with van der Waals surface area (Å²) >= 11 is 3.36. The first-order valence-corrected chi connectivity index (χ1v) is 8.53. The molecule has 2 aromatic rings. The highest BCUT2D eigenvalue weighted by Crippen LogP contribution is 2.22. The molecule has 1 saturated heterocycles. The molecular formula is C19H20BrNO3. The molecule has 1 heterocycles. The first-order valence-electron chi connectivity index (χ1n) is 7.74. The van der Waals surface area contributed by atoms with Gasteiger partial charge in [-0.2, -0.15) is 0 Å². The number of cyclic esters (lactones) is 1. The Bertz CT molecular complexity index is 703. The lowest BCUT2D eigenvalue weighted by atomic mass is 10.00. The van der Waals surface area contributed by atoms with Crippen LogP contribution in [-0.4, -0.2) is 30.1 Å². The van der Waals surface area contributed by atoms with Crippen molar-refractivity contribution in [3.05, 3.63) is 70.2 Å². The highest BCUT2D eigenvalue weighted by atomic mass is 79.9. The topological polar surface area (TPSA) is 46.6 Å². The number of carbonyl (C=O) groups is 2. The predicted molar refractivity (Wildman–Crippen MR) is 96.8 cm³/mol. The Morgan fingerprint density at radius 2 is 1.88 bits per heavy atom. The smallest absolute Gasteiger partial charge is 0.416 e. The fraction of sp³-hybridized carbons (Fsp3) is 0.263. The van der Waals surface area contributed by atoms with Gasteiger partial charge in [0.2, 0.25) is 5.91 Å². The van der Waals surface area contributed by atoms with E-state index in [0.717, 1.165) is 14.9 Å². The van der Waals surface area contributed by atoms with Gasteiger partial charge in [-0.3, -0.25) is 4.79 Å². The first kappa shape index (κ1) is 18.2. The summed E-state index contributed by atoms with van der Waals surface area (Å²) < 4.78 is 5.67. The molecule has 2 amide bonds. The zero-order valence-corrected chi connectivity index (χ0v) is 15.3. The Kier molecular flexibility index (Phi) is 6.55. The number of carbonyl (C=O) groups excluding carboxylic acids is 2. The van der Waals surface area contributed by atoms with Gasteiger partial charge in [0.15, 0.2) is 0 Å². The Labute approximate surface area is 150 Å². The number of rotatable bonds is 2. The normalized spacial score (nSPS) is 14.5. The molecule has 2 aromatic carbocycles. The quantitative estimate of drug-likeness (QED) is 0.757. The molecule has 1 aliphatic rings. The Morgan fingerprint density at radius 1 is 1.17 bits per heavy atom. The van der Waals surface area contributed by atoms with Crippen molar-refractivity contribution in [3.63, 3.8) is 0 Å². The highest BCUT2D eigenvalue weighted by molar-refractivity contribution is 9.10. The number of ether oxygens (including phenoxy) is 1. The van der Waals surface area contributed by atoms with Crippen molar-refractivity contribution in [2.45, 2.75) is 19.8 Å². The summed E-state index contributed by atoms with van der Waals surface area (Å²) in [4.78, 5) is 24.5. The van der Waals surface area contributed by atoms with E-state index in [9.17, 15) is 9.59 Å². The van der Waals surface area contributed by atoms with E-state index in [2.05, 4.69) is 35.0 Å². The van der Waals surface area contributed by atoms with Crippen molar-refractivity contribution in [2.24, 2.45) is 0 Å². The Morgan fingerprint density at radius 3 is 2.38 bits per heavy atom. The minimum Gasteiger partial charge on any atom is -0.447 e. The molecule has 0 N–H and O–H groups in total. The van der Waals surface area contributed by atoms with Gasteiger partial charge >= 0.3 is 6.09 Å². The molecule has 0 aliphatic carbocycles. The zero-order valence-electron chi connectivity index (χ0n) is 13.7. The van der Waals surface area contributed by atoms with Crippen LogP contribution in [0.2, 0.25) is 0 Å². The average Bonchev–Trinajstić information content (AvgIpc) is 3.01. The first-order chi connectivity index (χ1) is 11.5. The van der Waals surface area contributed by atoms with Crippen LogP contribution in [0.1, 0.15) is 24.0 Å². The monoisotopic (exact) mass is 389 g/mol. The molecular weight excluding hydrogens is 370 g/mol. The van der Waals surface area contributed by atoms with E-state index in [0.29, 0.717) is 6.54 Å². The van der Waals surface area contributed by atoms with Gasteiger partial charge in [0.25, 0.3) is 0 Å². The minimum absolute atomic E-state index is 0.217. The van der Waals surface area contributed by atoms with Crippen molar-refractivity contribution in [1.29, 1.82) is 0 Å². The molecule has 0 aromatic heterocycles. The maximum atomic E-state index is 12.1. The van der Waals surface area contributed by atoms with Gasteiger partial charge in [-0.05, 0) is 31.5 Å². The average molecular weight is 390 g/mol. The van der Waals surface area contributed by atoms with Crippen LogP contribution in [0.5, 0.6) is 0 Å². The lowest BCUT2D eigenvalue weighted by Crippen LogP contribution is -2.34. The second kappa shape index (κ2) is 8.64. The summed E-state index contributed by atoms with van der Waals surface area (Å²) in [5.74, 6) is -0.566. The van der Waals surface area contributed by atoms with Crippen molar-refractivity contribution in [1.82, 2.24) is 4.90 Å². The number of hydrogen-bond donors (Lipinski definition) is 0. The van der Waals surface area contributed by atoms with Crippen LogP contribution in [-0.2, 0) is 9.53 Å². The summed E-state index contributed by atoms with van der Waals surface area (Å²) in [5.41, 5.74) is 2.20. The van der Waals surface area contributed by atoms with Gasteiger partial charge in [-0.25, -0.2) is 9.69 Å². The predicted octanol–water partition coefficient (Wildman–Crippen LogP) is 4.53. The summed E-state index contributed by atoms with van der Waals surface area (Å²) in [6.45, 7) is 4.50. The van der Waals surface area contributed by atoms with Gasteiger partial charge in [-0.15, -0.1) is 0 Å². The third kappa shape index (κ3) is 4.93. The van der Waals surface area contributed by atoms with Crippen LogP contribution in [0.25, 0.3) is 0 Å². The number of halogens is 1. The Balaban J connectivity index is 0.000000249. The van der Waals surface area contributed by atoms with Crippen LogP contribution in [0.3, 0.4) is 0 Å². The van der Waals surface area contributed by atoms with Crippen LogP contribution < -0.4 is 0 Å². The van der Waals surface area contributed by atoms with E-state index in [1.54, 1.807) is 6.92 Å². The van der Waals surface area contributed by atoms with Crippen molar-refractivity contribution in [2.75, 3.05) is 13.2 Å². The third-order valence-corrected chi connectivity index (χ3v) is 4.18. The van der Waals surface area contributed by atoms with Crippen LogP contribution in [0, 0.1) is 6.92 Å². The number of hydrogen-bond acceptors (Lipinski definition) is 3. The fourth-order valence-electron chi connectivity index (χ4n) is 2.28. The Hall–Kier alpha value is -2.14. The highest BCUT2D eigenvalue weighted by Gasteiger charge is 2.32. The molecule has 1 fully saturated rings. The minimum atomic E-state index is -0.545. The summed E-state index contributed by atoms with van der Waals surface area (Å²) in [7, 11) is 0. The largest absolute Gasteiger partial charge is 0.447 e. The lowest BCUT2D eigenvalue weighted by molar-refractivity contribution is -0.128. The zero-order chi connectivity index (χ0) is 17.5. The van der Waals surface area contributed by atoms with Gasteiger partial charge in [-0.1, -0.05) is 64.0 Å². The van der Waals surface area contributed by atoms with Crippen LogP contribution in [0.4, 0.5) is 4.79 Å². The molecule has 24 heavy (non-hydrogen) atoms. The van der Waals surface area contributed by atoms with E-state index in [-0.39, 0.29) is 18.4 Å². The lowest BCUT2D eigenvalue weighted by Gasteiger charge is -2.17. The van der Waals surface area contributed by atoms with E-state index < -0.39 is 6.09 Å². The maximum absolute atomic E-state index is 12.1. The van der Waals surface area contributed by atoms with Crippen molar-refractivity contribution < 1.29 is 14.3 Å². The summed E-state index contributed by atoms with van der Waals surface area (Å²) in [5, 5.41) is 0. The molecule has 0 unspecified atom stereocenters. The molecule has 3 rings (SSSR count). The number of imide groups is 1. The third-order valence-electron chi connectivity index (χ3n) is 3.69. The summed E-state index contributed by atoms with van der Waals surface area (Å²) in [6.07, 6.45) is -0.545. The second-order valence-corrected chi connectivity index (χ2v) is 6.45. The molecule has 1 atom stereocenters. The second-order valence-electron chi connectivity index (χ2n) is 5.54. The molecule has 1 aliphatic heterocycles. The van der Waals surface area contributed by atoms with Gasteiger partial charge in [0, 0.05) is 4.47 Å². The number of amides is 2. The number of benzene rings is 2. The number of nitrogens with zero attached hydrogens (tertiary/aromatic N) is 1.